The van der Waals surface area contributed by atoms with Crippen LogP contribution in [-0.4, -0.2) is 16.8 Å². The van der Waals surface area contributed by atoms with Gasteiger partial charge in [-0.15, -0.1) is 0 Å². The van der Waals surface area contributed by atoms with Gasteiger partial charge in [-0.25, -0.2) is 0 Å². The molecule has 0 fully saturated rings. The Labute approximate surface area is 96.7 Å². The molecule has 0 saturated heterocycles. The summed E-state index contributed by atoms with van der Waals surface area (Å²) in [6.45, 7) is 8.26. The Balaban J connectivity index is 2.76. The van der Waals surface area contributed by atoms with E-state index in [1.807, 2.05) is 39.8 Å². The maximum absolute atomic E-state index is 11.8. The van der Waals surface area contributed by atoms with Gasteiger partial charge in [0.2, 0.25) is 5.91 Å². The fraction of sp³-hybridized carbons (Fsp3) is 0.462. The fourth-order valence-electron chi connectivity index (χ4n) is 1.49. The minimum Gasteiger partial charge on any atom is -0.464 e. The van der Waals surface area contributed by atoms with Crippen LogP contribution in [0.25, 0.3) is 0 Å². The van der Waals surface area contributed by atoms with Crippen molar-refractivity contribution in [3.8, 4) is 0 Å². The monoisotopic (exact) mass is 221 g/mol. The third-order valence-electron chi connectivity index (χ3n) is 2.34. The standard InChI is InChI=1S/C13H19NO2/c1-5-6-13(15)14(10(2)3)9-12-8-7-11(4)16-12/h5-8,10H,9H2,1-4H3. The van der Waals surface area contributed by atoms with E-state index in [4.69, 9.17) is 4.42 Å². The SMILES string of the molecule is CC=CC(=O)N(Cc1ccc(C)o1)C(C)C. The van der Waals surface area contributed by atoms with Gasteiger partial charge in [-0.3, -0.25) is 4.79 Å². The molecule has 0 saturated carbocycles. The topological polar surface area (TPSA) is 33.5 Å². The maximum Gasteiger partial charge on any atom is 0.246 e. The predicted octanol–water partition coefficient (Wildman–Crippen LogP) is 2.90. The van der Waals surface area contributed by atoms with Crippen molar-refractivity contribution in [3.63, 3.8) is 0 Å². The molecule has 1 aromatic heterocycles. The summed E-state index contributed by atoms with van der Waals surface area (Å²) in [5.41, 5.74) is 0. The molecule has 3 heteroatoms. The lowest BCUT2D eigenvalue weighted by atomic mass is 10.2. The number of carbonyl (C=O) groups is 1. The van der Waals surface area contributed by atoms with E-state index in [1.165, 1.54) is 0 Å². The lowest BCUT2D eigenvalue weighted by Gasteiger charge is -2.24. The van der Waals surface area contributed by atoms with Crippen LogP contribution in [0.2, 0.25) is 0 Å². The van der Waals surface area contributed by atoms with Crippen molar-refractivity contribution in [2.75, 3.05) is 0 Å². The summed E-state index contributed by atoms with van der Waals surface area (Å²) in [4.78, 5) is 13.6. The maximum atomic E-state index is 11.8. The van der Waals surface area contributed by atoms with Gasteiger partial charge < -0.3 is 9.32 Å². The van der Waals surface area contributed by atoms with Gasteiger partial charge in [0, 0.05) is 6.04 Å². The molecule has 0 radical (unpaired) electrons. The normalized spacial score (nSPS) is 11.3. The van der Waals surface area contributed by atoms with Crippen LogP contribution in [-0.2, 0) is 11.3 Å². The van der Waals surface area contributed by atoms with E-state index in [0.717, 1.165) is 11.5 Å². The molecule has 0 bridgehead atoms. The molecule has 0 aliphatic heterocycles. The average Bonchev–Trinajstić information content (AvgIpc) is 2.60. The first-order chi connectivity index (χ1) is 7.54. The van der Waals surface area contributed by atoms with E-state index in [-0.39, 0.29) is 11.9 Å². The van der Waals surface area contributed by atoms with E-state index in [2.05, 4.69) is 0 Å². The Bertz CT molecular complexity index is 377. The summed E-state index contributed by atoms with van der Waals surface area (Å²) in [5.74, 6) is 1.72. The molecule has 0 aromatic carbocycles. The van der Waals surface area contributed by atoms with Gasteiger partial charge in [0.15, 0.2) is 0 Å². The van der Waals surface area contributed by atoms with Crippen LogP contribution in [0, 0.1) is 6.92 Å². The van der Waals surface area contributed by atoms with Crippen LogP contribution in [0.1, 0.15) is 32.3 Å². The third-order valence-corrected chi connectivity index (χ3v) is 2.34. The van der Waals surface area contributed by atoms with Crippen molar-refractivity contribution in [2.24, 2.45) is 0 Å². The van der Waals surface area contributed by atoms with Gasteiger partial charge in [-0.1, -0.05) is 6.08 Å². The highest BCUT2D eigenvalue weighted by molar-refractivity contribution is 5.87. The molecule has 88 valence electrons. The van der Waals surface area contributed by atoms with E-state index in [1.54, 1.807) is 17.1 Å². The van der Waals surface area contributed by atoms with Crippen LogP contribution in [0.15, 0.2) is 28.7 Å². The average molecular weight is 221 g/mol. The van der Waals surface area contributed by atoms with Gasteiger partial charge in [0.05, 0.1) is 6.54 Å². The van der Waals surface area contributed by atoms with E-state index >= 15 is 0 Å². The molecule has 0 spiro atoms. The molecule has 3 nitrogen and oxygen atoms in total. The Kier molecular flexibility index (Phi) is 4.35. The minimum atomic E-state index is 0.0200. The van der Waals surface area contributed by atoms with E-state index in [9.17, 15) is 4.79 Å². The molecular weight excluding hydrogens is 202 g/mol. The smallest absolute Gasteiger partial charge is 0.246 e. The summed E-state index contributed by atoms with van der Waals surface area (Å²) < 4.78 is 5.47. The van der Waals surface area contributed by atoms with Gasteiger partial charge in [-0.2, -0.15) is 0 Å². The Morgan fingerprint density at radius 1 is 1.50 bits per heavy atom. The zero-order valence-corrected chi connectivity index (χ0v) is 10.4. The Morgan fingerprint density at radius 3 is 2.62 bits per heavy atom. The number of rotatable bonds is 4. The highest BCUT2D eigenvalue weighted by atomic mass is 16.3. The van der Waals surface area contributed by atoms with Crippen molar-refractivity contribution in [1.29, 1.82) is 0 Å². The zero-order valence-electron chi connectivity index (χ0n) is 10.4. The summed E-state index contributed by atoms with van der Waals surface area (Å²) >= 11 is 0. The molecule has 1 heterocycles. The molecule has 0 aliphatic rings. The summed E-state index contributed by atoms with van der Waals surface area (Å²) in [6, 6.07) is 3.98. The lowest BCUT2D eigenvalue weighted by molar-refractivity contribution is -0.128. The molecule has 0 unspecified atom stereocenters. The minimum absolute atomic E-state index is 0.0200. The summed E-state index contributed by atoms with van der Waals surface area (Å²) in [7, 11) is 0. The highest BCUT2D eigenvalue weighted by Gasteiger charge is 2.16. The van der Waals surface area contributed by atoms with Crippen molar-refractivity contribution < 1.29 is 9.21 Å². The molecule has 16 heavy (non-hydrogen) atoms. The van der Waals surface area contributed by atoms with Gasteiger partial charge >= 0.3 is 0 Å². The quantitative estimate of drug-likeness (QED) is 0.732. The van der Waals surface area contributed by atoms with Gasteiger partial charge in [0.1, 0.15) is 11.5 Å². The first-order valence-electron chi connectivity index (χ1n) is 5.53. The van der Waals surface area contributed by atoms with Crippen LogP contribution in [0.5, 0.6) is 0 Å². The zero-order chi connectivity index (χ0) is 12.1. The van der Waals surface area contributed by atoms with E-state index < -0.39 is 0 Å². The van der Waals surface area contributed by atoms with Crippen LogP contribution < -0.4 is 0 Å². The number of allylic oxidation sites excluding steroid dienone is 1. The molecule has 0 N–H and O–H groups in total. The molecule has 1 amide bonds. The van der Waals surface area contributed by atoms with Crippen LogP contribution >= 0.6 is 0 Å². The molecule has 1 aromatic rings. The van der Waals surface area contributed by atoms with Crippen molar-refractivity contribution in [1.82, 2.24) is 4.90 Å². The van der Waals surface area contributed by atoms with Crippen LogP contribution in [0.3, 0.4) is 0 Å². The second kappa shape index (κ2) is 5.54. The molecule has 0 aliphatic carbocycles. The van der Waals surface area contributed by atoms with Crippen molar-refractivity contribution >= 4 is 5.91 Å². The highest BCUT2D eigenvalue weighted by Crippen LogP contribution is 2.12. The lowest BCUT2D eigenvalue weighted by Crippen LogP contribution is -2.35. The Morgan fingerprint density at radius 2 is 2.19 bits per heavy atom. The number of aryl methyl sites for hydroxylation is 1. The second-order valence-electron chi connectivity index (χ2n) is 4.07. The molecular formula is C13H19NO2. The van der Waals surface area contributed by atoms with Crippen molar-refractivity contribution in [2.45, 2.75) is 40.3 Å². The first-order valence-corrected chi connectivity index (χ1v) is 5.53. The van der Waals surface area contributed by atoms with Crippen molar-refractivity contribution in [3.05, 3.63) is 35.8 Å². The number of furan rings is 1. The second-order valence-corrected chi connectivity index (χ2v) is 4.07. The third kappa shape index (κ3) is 3.26. The number of nitrogens with zero attached hydrogens (tertiary/aromatic N) is 1. The first kappa shape index (κ1) is 12.6. The number of hydrogen-bond donors (Lipinski definition) is 0. The molecule has 0 atom stereocenters. The number of amides is 1. The predicted molar refractivity (Wildman–Crippen MR) is 63.9 cm³/mol. The number of hydrogen-bond acceptors (Lipinski definition) is 2. The Hall–Kier alpha value is -1.51. The van der Waals surface area contributed by atoms with Gasteiger partial charge in [0.25, 0.3) is 0 Å². The summed E-state index contributed by atoms with van der Waals surface area (Å²) in [6.07, 6.45) is 3.33. The molecule has 1 rings (SSSR count). The fourth-order valence-corrected chi connectivity index (χ4v) is 1.49. The largest absolute Gasteiger partial charge is 0.464 e. The van der Waals surface area contributed by atoms with Gasteiger partial charge in [-0.05, 0) is 45.9 Å². The van der Waals surface area contributed by atoms with Crippen LogP contribution in [0.4, 0.5) is 0 Å². The summed E-state index contributed by atoms with van der Waals surface area (Å²) in [5, 5.41) is 0. The number of carbonyl (C=O) groups excluding carboxylic acids is 1. The van der Waals surface area contributed by atoms with E-state index in [0.29, 0.717) is 6.54 Å².